The second-order valence-electron chi connectivity index (χ2n) is 5.25. The Labute approximate surface area is 125 Å². The summed E-state index contributed by atoms with van der Waals surface area (Å²) < 4.78 is 7.52. The maximum Gasteiger partial charge on any atom is 0.284 e. The van der Waals surface area contributed by atoms with Gasteiger partial charge in [-0.2, -0.15) is 5.10 Å². The van der Waals surface area contributed by atoms with Crippen LogP contribution in [0.2, 0.25) is 0 Å². The van der Waals surface area contributed by atoms with E-state index in [0.29, 0.717) is 16.1 Å². The fourth-order valence-electron chi connectivity index (χ4n) is 2.62. The van der Waals surface area contributed by atoms with E-state index in [9.17, 15) is 4.79 Å². The number of hydrogen-bond acceptors (Lipinski definition) is 4. The molecule has 1 aromatic rings. The van der Waals surface area contributed by atoms with Crippen LogP contribution in [0.25, 0.3) is 0 Å². The molecule has 1 aliphatic carbocycles. The molecule has 1 aromatic heterocycles. The molecular weight excluding hydrogens is 322 g/mol. The lowest BCUT2D eigenvalue weighted by Gasteiger charge is -2.21. The fourth-order valence-corrected chi connectivity index (χ4v) is 3.04. The average molecular weight is 338 g/mol. The van der Waals surface area contributed by atoms with Crippen LogP contribution in [0.5, 0.6) is 0 Å². The van der Waals surface area contributed by atoms with E-state index in [1.807, 2.05) is 0 Å². The molecule has 2 heterocycles. The number of ether oxygens (including phenoxy) is 1. The summed E-state index contributed by atoms with van der Waals surface area (Å²) in [6, 6.07) is 0.253. The Kier molecular flexibility index (Phi) is 3.81. The van der Waals surface area contributed by atoms with Gasteiger partial charge in [0.05, 0.1) is 24.0 Å². The predicted octanol–water partition coefficient (Wildman–Crippen LogP) is 1.62. The van der Waals surface area contributed by atoms with Crippen molar-refractivity contribution in [2.45, 2.75) is 38.0 Å². The zero-order valence-corrected chi connectivity index (χ0v) is 12.6. The van der Waals surface area contributed by atoms with Crippen LogP contribution in [0.3, 0.4) is 0 Å². The van der Waals surface area contributed by atoms with Crippen LogP contribution in [0, 0.1) is 18.3 Å². The van der Waals surface area contributed by atoms with Crippen molar-refractivity contribution in [1.82, 2.24) is 9.78 Å². The summed E-state index contributed by atoms with van der Waals surface area (Å²) in [6.45, 7) is 0.951. The van der Waals surface area contributed by atoms with Gasteiger partial charge in [0.15, 0.2) is 0 Å². The maximum atomic E-state index is 12.1. The van der Waals surface area contributed by atoms with Crippen molar-refractivity contribution in [1.29, 1.82) is 0 Å². The second kappa shape index (κ2) is 5.58. The molecule has 3 rings (SSSR count). The Bertz CT molecular complexity index is 603. The van der Waals surface area contributed by atoms with Crippen LogP contribution in [0.4, 0.5) is 5.69 Å². The van der Waals surface area contributed by atoms with Crippen LogP contribution >= 0.6 is 15.9 Å². The molecule has 1 saturated heterocycles. The lowest BCUT2D eigenvalue weighted by molar-refractivity contribution is 0.0898. The van der Waals surface area contributed by atoms with Crippen molar-refractivity contribution in [2.75, 3.05) is 11.9 Å². The summed E-state index contributed by atoms with van der Waals surface area (Å²) in [7, 11) is 0. The standard InChI is InChI=1S/C14H16BrN3O2/c1-2-6-18-14(19)12(15)11(8-16-18)17-10-5-7-20-13(10)9-3-4-9/h1,8-10,13,17H,3-7H2. The lowest BCUT2D eigenvalue weighted by atomic mass is 10.1. The molecule has 0 radical (unpaired) electrons. The number of terminal acetylenes is 1. The van der Waals surface area contributed by atoms with Gasteiger partial charge >= 0.3 is 0 Å². The number of aromatic nitrogens is 2. The van der Waals surface area contributed by atoms with E-state index in [1.54, 1.807) is 6.20 Å². The third-order valence-electron chi connectivity index (χ3n) is 3.79. The van der Waals surface area contributed by atoms with E-state index >= 15 is 0 Å². The Hall–Kier alpha value is -1.32. The second-order valence-corrected chi connectivity index (χ2v) is 6.04. The molecule has 5 nitrogen and oxygen atoms in total. The smallest absolute Gasteiger partial charge is 0.284 e. The zero-order chi connectivity index (χ0) is 14.1. The quantitative estimate of drug-likeness (QED) is 0.848. The summed E-state index contributed by atoms with van der Waals surface area (Å²) in [5, 5.41) is 7.48. The molecule has 1 saturated carbocycles. The first kappa shape index (κ1) is 13.7. The SMILES string of the molecule is C#CCn1ncc(NC2CCOC2C2CC2)c(Br)c1=O. The van der Waals surface area contributed by atoms with E-state index in [0.717, 1.165) is 13.0 Å². The van der Waals surface area contributed by atoms with Gasteiger partial charge in [-0.1, -0.05) is 5.92 Å². The normalized spacial score (nSPS) is 25.4. The highest BCUT2D eigenvalue weighted by molar-refractivity contribution is 9.10. The number of hydrogen-bond donors (Lipinski definition) is 1. The van der Waals surface area contributed by atoms with E-state index in [4.69, 9.17) is 11.2 Å². The first-order valence-corrected chi connectivity index (χ1v) is 7.57. The summed E-state index contributed by atoms with van der Waals surface area (Å²) in [5.41, 5.74) is 0.499. The molecule has 20 heavy (non-hydrogen) atoms. The molecule has 0 aromatic carbocycles. The molecule has 106 valence electrons. The molecule has 2 atom stereocenters. The van der Waals surface area contributed by atoms with Crippen LogP contribution in [-0.2, 0) is 11.3 Å². The number of nitrogens with one attached hydrogen (secondary N) is 1. The maximum absolute atomic E-state index is 12.1. The molecule has 0 bridgehead atoms. The van der Waals surface area contributed by atoms with Gasteiger partial charge in [0, 0.05) is 6.61 Å². The van der Waals surface area contributed by atoms with E-state index in [1.165, 1.54) is 17.5 Å². The Balaban J connectivity index is 1.79. The van der Waals surface area contributed by atoms with Gasteiger partial charge in [-0.3, -0.25) is 4.79 Å². The highest BCUT2D eigenvalue weighted by Gasteiger charge is 2.40. The van der Waals surface area contributed by atoms with Crippen molar-refractivity contribution >= 4 is 21.6 Å². The summed E-state index contributed by atoms with van der Waals surface area (Å²) >= 11 is 3.34. The minimum Gasteiger partial charge on any atom is -0.377 e. The van der Waals surface area contributed by atoms with Gasteiger partial charge in [0.25, 0.3) is 5.56 Å². The van der Waals surface area contributed by atoms with Gasteiger partial charge in [0.1, 0.15) is 11.0 Å². The van der Waals surface area contributed by atoms with Crippen molar-refractivity contribution < 1.29 is 4.74 Å². The van der Waals surface area contributed by atoms with Crippen molar-refractivity contribution in [2.24, 2.45) is 5.92 Å². The van der Waals surface area contributed by atoms with Crippen molar-refractivity contribution in [3.8, 4) is 12.3 Å². The Morgan fingerprint density at radius 2 is 2.35 bits per heavy atom. The Morgan fingerprint density at radius 1 is 1.55 bits per heavy atom. The summed E-state index contributed by atoms with van der Waals surface area (Å²) in [4.78, 5) is 12.1. The number of nitrogens with zero attached hydrogens (tertiary/aromatic N) is 2. The number of anilines is 1. The highest BCUT2D eigenvalue weighted by Crippen LogP contribution is 2.39. The lowest BCUT2D eigenvalue weighted by Crippen LogP contribution is -2.32. The van der Waals surface area contributed by atoms with Crippen LogP contribution < -0.4 is 10.9 Å². The number of halogens is 1. The van der Waals surface area contributed by atoms with E-state index < -0.39 is 0 Å². The van der Waals surface area contributed by atoms with Crippen molar-refractivity contribution in [3.05, 3.63) is 21.0 Å². The monoisotopic (exact) mass is 337 g/mol. The first-order valence-electron chi connectivity index (χ1n) is 6.78. The van der Waals surface area contributed by atoms with E-state index in [2.05, 4.69) is 32.3 Å². The van der Waals surface area contributed by atoms with Crippen LogP contribution in [0.15, 0.2) is 15.5 Å². The minimum absolute atomic E-state index is 0.176. The summed E-state index contributed by atoms with van der Waals surface area (Å²) in [6.07, 6.45) is 10.6. The topological polar surface area (TPSA) is 56.1 Å². The average Bonchev–Trinajstić information content (AvgIpc) is 3.19. The van der Waals surface area contributed by atoms with Gasteiger partial charge in [-0.05, 0) is 41.1 Å². The molecule has 2 aliphatic rings. The van der Waals surface area contributed by atoms with Gasteiger partial charge in [0.2, 0.25) is 0 Å². The first-order chi connectivity index (χ1) is 9.70. The van der Waals surface area contributed by atoms with E-state index in [-0.39, 0.29) is 24.2 Å². The largest absolute Gasteiger partial charge is 0.377 e. The van der Waals surface area contributed by atoms with Gasteiger partial charge in [-0.25, -0.2) is 4.68 Å². The molecule has 1 N–H and O–H groups in total. The predicted molar refractivity (Wildman–Crippen MR) is 79.5 cm³/mol. The molecule has 6 heteroatoms. The molecule has 0 spiro atoms. The molecule has 1 aliphatic heterocycles. The molecular formula is C14H16BrN3O2. The van der Waals surface area contributed by atoms with Crippen molar-refractivity contribution in [3.63, 3.8) is 0 Å². The molecule has 2 fully saturated rings. The highest BCUT2D eigenvalue weighted by atomic mass is 79.9. The third kappa shape index (κ3) is 2.60. The van der Waals surface area contributed by atoms with Crippen LogP contribution in [-0.4, -0.2) is 28.5 Å². The fraction of sp³-hybridized carbons (Fsp3) is 0.571. The van der Waals surface area contributed by atoms with Crippen LogP contribution in [0.1, 0.15) is 19.3 Å². The molecule has 2 unspecified atom stereocenters. The molecule has 0 amide bonds. The summed E-state index contributed by atoms with van der Waals surface area (Å²) in [5.74, 6) is 3.08. The minimum atomic E-state index is -0.213. The van der Waals surface area contributed by atoms with Gasteiger partial charge in [-0.15, -0.1) is 6.42 Å². The van der Waals surface area contributed by atoms with Gasteiger partial charge < -0.3 is 10.1 Å². The Morgan fingerprint density at radius 3 is 3.05 bits per heavy atom. The zero-order valence-electron chi connectivity index (χ0n) is 11.0. The third-order valence-corrected chi connectivity index (χ3v) is 4.56. The number of rotatable bonds is 4.